The number of aromatic nitrogens is 3. The summed E-state index contributed by atoms with van der Waals surface area (Å²) in [6, 6.07) is 8.00. The molecule has 3 aromatic heterocycles. The van der Waals surface area contributed by atoms with Gasteiger partial charge in [-0.05, 0) is 30.5 Å². The summed E-state index contributed by atoms with van der Waals surface area (Å²) in [5.74, 6) is 3.45. The van der Waals surface area contributed by atoms with E-state index in [4.69, 9.17) is 9.15 Å². The standard InChI is InChI=1S/C16H18N4O2S/c1-11-4-5-12(22-11)13-9-20(6-7-21-13)10-15-17-16(19-18-15)14-3-2-8-23-14/h2-5,8,13H,6-7,9-10H2,1H3,(H,17,18,19)/t13-/m0/s1. The lowest BCUT2D eigenvalue weighted by atomic mass is 10.2. The van der Waals surface area contributed by atoms with E-state index in [2.05, 4.69) is 20.1 Å². The Hall–Kier alpha value is -1.96. The molecule has 1 fully saturated rings. The number of furan rings is 1. The SMILES string of the molecule is Cc1ccc([C@@H]2CN(Cc3nc(-c4cccs4)n[nH]3)CCO2)o1. The van der Waals surface area contributed by atoms with Gasteiger partial charge >= 0.3 is 0 Å². The molecule has 6 nitrogen and oxygen atoms in total. The van der Waals surface area contributed by atoms with Gasteiger partial charge < -0.3 is 9.15 Å². The Labute approximate surface area is 138 Å². The Morgan fingerprint density at radius 2 is 2.35 bits per heavy atom. The van der Waals surface area contributed by atoms with Crippen molar-refractivity contribution in [1.82, 2.24) is 20.1 Å². The largest absolute Gasteiger partial charge is 0.464 e. The first-order chi connectivity index (χ1) is 11.3. The van der Waals surface area contributed by atoms with Gasteiger partial charge in [0.25, 0.3) is 0 Å². The second kappa shape index (κ2) is 6.27. The fourth-order valence-electron chi connectivity index (χ4n) is 2.74. The monoisotopic (exact) mass is 330 g/mol. The number of hydrogen-bond acceptors (Lipinski definition) is 6. The fraction of sp³-hybridized carbons (Fsp3) is 0.375. The third-order valence-electron chi connectivity index (χ3n) is 3.88. The summed E-state index contributed by atoms with van der Waals surface area (Å²) in [6.07, 6.45) is -0.0165. The number of aryl methyl sites for hydroxylation is 1. The minimum Gasteiger partial charge on any atom is -0.464 e. The van der Waals surface area contributed by atoms with Crippen molar-refractivity contribution in [3.05, 3.63) is 47.0 Å². The molecule has 4 rings (SSSR count). The van der Waals surface area contributed by atoms with Gasteiger partial charge in [0, 0.05) is 13.1 Å². The quantitative estimate of drug-likeness (QED) is 0.796. The summed E-state index contributed by atoms with van der Waals surface area (Å²) in [5.41, 5.74) is 0. The Morgan fingerprint density at radius 1 is 1.39 bits per heavy atom. The molecule has 1 atom stereocenters. The van der Waals surface area contributed by atoms with Gasteiger partial charge in [-0.25, -0.2) is 4.98 Å². The Kier molecular flexibility index (Phi) is 3.99. The van der Waals surface area contributed by atoms with Crippen molar-refractivity contribution in [1.29, 1.82) is 0 Å². The normalized spacial score (nSPS) is 19.3. The maximum Gasteiger partial charge on any atom is 0.191 e. The van der Waals surface area contributed by atoms with Crippen molar-refractivity contribution < 1.29 is 9.15 Å². The van der Waals surface area contributed by atoms with E-state index >= 15 is 0 Å². The molecule has 1 aliphatic rings. The maximum absolute atomic E-state index is 5.83. The summed E-state index contributed by atoms with van der Waals surface area (Å²) in [4.78, 5) is 7.98. The lowest BCUT2D eigenvalue weighted by Crippen LogP contribution is -2.37. The number of nitrogens with zero attached hydrogens (tertiary/aromatic N) is 3. The van der Waals surface area contributed by atoms with Gasteiger partial charge in [-0.15, -0.1) is 11.3 Å². The Balaban J connectivity index is 1.42. The van der Waals surface area contributed by atoms with E-state index in [1.807, 2.05) is 36.6 Å². The van der Waals surface area contributed by atoms with Crippen LogP contribution in [0.3, 0.4) is 0 Å². The van der Waals surface area contributed by atoms with Crippen molar-refractivity contribution in [2.45, 2.75) is 19.6 Å². The van der Waals surface area contributed by atoms with Gasteiger partial charge in [-0.3, -0.25) is 10.00 Å². The first-order valence-corrected chi connectivity index (χ1v) is 8.51. The maximum atomic E-state index is 5.83. The van der Waals surface area contributed by atoms with Crippen LogP contribution in [0.1, 0.15) is 23.4 Å². The zero-order valence-electron chi connectivity index (χ0n) is 12.9. The average molecular weight is 330 g/mol. The Morgan fingerprint density at radius 3 is 3.13 bits per heavy atom. The number of rotatable bonds is 4. The molecular formula is C16H18N4O2S. The molecule has 3 aromatic rings. The fourth-order valence-corrected chi connectivity index (χ4v) is 3.40. The predicted molar refractivity (Wildman–Crippen MR) is 87.1 cm³/mol. The van der Waals surface area contributed by atoms with E-state index in [1.165, 1.54) is 0 Å². The molecular weight excluding hydrogens is 312 g/mol. The van der Waals surface area contributed by atoms with Gasteiger partial charge in [-0.1, -0.05) is 6.07 Å². The molecule has 0 amide bonds. The van der Waals surface area contributed by atoms with Crippen LogP contribution >= 0.6 is 11.3 Å². The highest BCUT2D eigenvalue weighted by molar-refractivity contribution is 7.13. The second-order valence-corrected chi connectivity index (χ2v) is 6.57. The first-order valence-electron chi connectivity index (χ1n) is 7.63. The van der Waals surface area contributed by atoms with Crippen LogP contribution in [0.25, 0.3) is 10.7 Å². The zero-order chi connectivity index (χ0) is 15.6. The summed E-state index contributed by atoms with van der Waals surface area (Å²) in [7, 11) is 0. The average Bonchev–Trinajstić information content (AvgIpc) is 3.28. The number of hydrogen-bond donors (Lipinski definition) is 1. The molecule has 4 heterocycles. The molecule has 7 heteroatoms. The number of aromatic amines is 1. The third-order valence-corrected chi connectivity index (χ3v) is 4.74. The van der Waals surface area contributed by atoms with Gasteiger partial charge in [0.05, 0.1) is 18.0 Å². The van der Waals surface area contributed by atoms with Gasteiger partial charge in [0.2, 0.25) is 0 Å². The lowest BCUT2D eigenvalue weighted by molar-refractivity contribution is -0.0437. The number of morpholine rings is 1. The molecule has 120 valence electrons. The highest BCUT2D eigenvalue weighted by Gasteiger charge is 2.25. The van der Waals surface area contributed by atoms with E-state index < -0.39 is 0 Å². The smallest absolute Gasteiger partial charge is 0.191 e. The van der Waals surface area contributed by atoms with Crippen LogP contribution in [-0.2, 0) is 11.3 Å². The highest BCUT2D eigenvalue weighted by atomic mass is 32.1. The van der Waals surface area contributed by atoms with Crippen molar-refractivity contribution >= 4 is 11.3 Å². The molecule has 1 saturated heterocycles. The number of nitrogens with one attached hydrogen (secondary N) is 1. The van der Waals surface area contributed by atoms with Crippen LogP contribution in [0.4, 0.5) is 0 Å². The minimum atomic E-state index is -0.0165. The van der Waals surface area contributed by atoms with Crippen molar-refractivity contribution in [2.24, 2.45) is 0 Å². The van der Waals surface area contributed by atoms with Crippen molar-refractivity contribution in [3.8, 4) is 10.7 Å². The van der Waals surface area contributed by atoms with E-state index in [0.29, 0.717) is 6.61 Å². The van der Waals surface area contributed by atoms with Crippen LogP contribution in [0.5, 0.6) is 0 Å². The topological polar surface area (TPSA) is 67.2 Å². The van der Waals surface area contributed by atoms with Crippen LogP contribution < -0.4 is 0 Å². The van der Waals surface area contributed by atoms with Crippen LogP contribution in [-0.4, -0.2) is 39.8 Å². The van der Waals surface area contributed by atoms with Crippen LogP contribution in [0.15, 0.2) is 34.1 Å². The molecule has 0 spiro atoms. The summed E-state index contributed by atoms with van der Waals surface area (Å²) in [5, 5.41) is 9.37. The van der Waals surface area contributed by atoms with Crippen LogP contribution in [0.2, 0.25) is 0 Å². The molecule has 0 bridgehead atoms. The number of ether oxygens (including phenoxy) is 1. The van der Waals surface area contributed by atoms with Crippen LogP contribution in [0, 0.1) is 6.92 Å². The van der Waals surface area contributed by atoms with Crippen molar-refractivity contribution in [3.63, 3.8) is 0 Å². The minimum absolute atomic E-state index is 0.0165. The number of thiophene rings is 1. The zero-order valence-corrected chi connectivity index (χ0v) is 13.7. The molecule has 0 saturated carbocycles. The summed E-state index contributed by atoms with van der Waals surface area (Å²) >= 11 is 1.64. The van der Waals surface area contributed by atoms with Gasteiger partial charge in [-0.2, -0.15) is 5.10 Å². The Bertz CT molecular complexity index is 765. The molecule has 0 unspecified atom stereocenters. The van der Waals surface area contributed by atoms with Gasteiger partial charge in [0.1, 0.15) is 23.4 Å². The molecule has 0 aromatic carbocycles. The molecule has 1 aliphatic heterocycles. The summed E-state index contributed by atoms with van der Waals surface area (Å²) in [6.45, 7) is 5.05. The van der Waals surface area contributed by atoms with E-state index in [0.717, 1.165) is 47.7 Å². The first kappa shape index (κ1) is 14.6. The molecule has 1 N–H and O–H groups in total. The highest BCUT2D eigenvalue weighted by Crippen LogP contribution is 2.25. The van der Waals surface area contributed by atoms with E-state index in [1.54, 1.807) is 11.3 Å². The van der Waals surface area contributed by atoms with Gasteiger partial charge in [0.15, 0.2) is 5.82 Å². The lowest BCUT2D eigenvalue weighted by Gasteiger charge is -2.31. The molecule has 0 aliphatic carbocycles. The third kappa shape index (κ3) is 3.21. The number of H-pyrrole nitrogens is 1. The van der Waals surface area contributed by atoms with Crippen molar-refractivity contribution in [2.75, 3.05) is 19.7 Å². The van der Waals surface area contributed by atoms with E-state index in [9.17, 15) is 0 Å². The predicted octanol–water partition coefficient (Wildman–Crippen LogP) is 3.01. The molecule has 0 radical (unpaired) electrons. The van der Waals surface area contributed by atoms with E-state index in [-0.39, 0.29) is 6.10 Å². The second-order valence-electron chi connectivity index (χ2n) is 5.63. The molecule has 23 heavy (non-hydrogen) atoms. The summed E-state index contributed by atoms with van der Waals surface area (Å²) < 4.78 is 11.5.